The van der Waals surface area contributed by atoms with Crippen LogP contribution in [-0.4, -0.2) is 29.5 Å². The van der Waals surface area contributed by atoms with E-state index in [1.165, 1.54) is 0 Å². The van der Waals surface area contributed by atoms with E-state index in [-0.39, 0.29) is 11.9 Å². The van der Waals surface area contributed by atoms with Crippen molar-refractivity contribution in [2.75, 3.05) is 11.9 Å². The summed E-state index contributed by atoms with van der Waals surface area (Å²) >= 11 is 0. The van der Waals surface area contributed by atoms with Gasteiger partial charge in [-0.2, -0.15) is 0 Å². The van der Waals surface area contributed by atoms with Gasteiger partial charge in [0.05, 0.1) is 11.9 Å². The summed E-state index contributed by atoms with van der Waals surface area (Å²) in [6.45, 7) is 0.682. The van der Waals surface area contributed by atoms with E-state index in [1.54, 1.807) is 24.5 Å². The number of hydrogen-bond donors (Lipinski definition) is 3. The highest BCUT2D eigenvalue weighted by atomic mass is 16.2. The average Bonchev–Trinajstić information content (AvgIpc) is 2.56. The van der Waals surface area contributed by atoms with Gasteiger partial charge in [-0.25, -0.2) is 4.79 Å². The standard InChI is InChI=1S/C12H16N4O2/c17-11-10(5-1-2-7-14-11)16-12(18)15-9-4-3-6-13-8-9/h3-4,6,8,10H,1-2,5,7H2,(H,14,17)(H2,15,16,18). The van der Waals surface area contributed by atoms with Crippen molar-refractivity contribution in [1.82, 2.24) is 15.6 Å². The predicted octanol–water partition coefficient (Wildman–Crippen LogP) is 0.872. The van der Waals surface area contributed by atoms with Gasteiger partial charge in [-0.3, -0.25) is 9.78 Å². The number of aromatic nitrogens is 1. The largest absolute Gasteiger partial charge is 0.354 e. The van der Waals surface area contributed by atoms with Gasteiger partial charge in [0.25, 0.3) is 0 Å². The van der Waals surface area contributed by atoms with E-state index in [0.29, 0.717) is 18.7 Å². The van der Waals surface area contributed by atoms with Crippen molar-refractivity contribution in [2.24, 2.45) is 0 Å². The lowest BCUT2D eigenvalue weighted by atomic mass is 10.1. The highest BCUT2D eigenvalue weighted by Crippen LogP contribution is 2.06. The molecular weight excluding hydrogens is 232 g/mol. The molecule has 0 saturated carbocycles. The number of anilines is 1. The summed E-state index contributed by atoms with van der Waals surface area (Å²) in [4.78, 5) is 27.2. The van der Waals surface area contributed by atoms with Gasteiger partial charge in [-0.15, -0.1) is 0 Å². The van der Waals surface area contributed by atoms with Gasteiger partial charge in [0, 0.05) is 12.7 Å². The molecule has 1 saturated heterocycles. The van der Waals surface area contributed by atoms with E-state index in [4.69, 9.17) is 0 Å². The lowest BCUT2D eigenvalue weighted by Gasteiger charge is -2.15. The third-order valence-electron chi connectivity index (χ3n) is 2.76. The molecule has 0 radical (unpaired) electrons. The number of rotatable bonds is 2. The lowest BCUT2D eigenvalue weighted by Crippen LogP contribution is -2.47. The summed E-state index contributed by atoms with van der Waals surface area (Å²) in [6, 6.07) is 2.63. The Kier molecular flexibility index (Phi) is 4.11. The highest BCUT2D eigenvalue weighted by Gasteiger charge is 2.22. The maximum atomic E-state index is 11.7. The van der Waals surface area contributed by atoms with Gasteiger partial charge in [0.15, 0.2) is 0 Å². The maximum Gasteiger partial charge on any atom is 0.319 e. The van der Waals surface area contributed by atoms with E-state index in [9.17, 15) is 9.59 Å². The minimum atomic E-state index is -0.454. The van der Waals surface area contributed by atoms with E-state index in [1.807, 2.05) is 0 Å². The van der Waals surface area contributed by atoms with Crippen LogP contribution in [0.15, 0.2) is 24.5 Å². The zero-order valence-electron chi connectivity index (χ0n) is 9.98. The Hall–Kier alpha value is -2.11. The first-order chi connectivity index (χ1) is 8.75. The third kappa shape index (κ3) is 3.44. The third-order valence-corrected chi connectivity index (χ3v) is 2.76. The Labute approximate surface area is 105 Å². The zero-order valence-corrected chi connectivity index (χ0v) is 9.98. The van der Waals surface area contributed by atoms with E-state index >= 15 is 0 Å². The second kappa shape index (κ2) is 6.00. The van der Waals surface area contributed by atoms with Crippen molar-refractivity contribution in [3.8, 4) is 0 Å². The molecule has 0 bridgehead atoms. The second-order valence-corrected chi connectivity index (χ2v) is 4.18. The van der Waals surface area contributed by atoms with Gasteiger partial charge < -0.3 is 16.0 Å². The van der Waals surface area contributed by atoms with Crippen LogP contribution in [0.1, 0.15) is 19.3 Å². The first-order valence-electron chi connectivity index (χ1n) is 6.01. The fourth-order valence-corrected chi connectivity index (χ4v) is 1.84. The van der Waals surface area contributed by atoms with E-state index < -0.39 is 6.04 Å². The number of urea groups is 1. The molecule has 1 unspecified atom stereocenters. The van der Waals surface area contributed by atoms with E-state index in [0.717, 1.165) is 12.8 Å². The summed E-state index contributed by atoms with van der Waals surface area (Å²) in [5, 5.41) is 8.07. The molecule has 3 amide bonds. The summed E-state index contributed by atoms with van der Waals surface area (Å²) < 4.78 is 0. The lowest BCUT2D eigenvalue weighted by molar-refractivity contribution is -0.122. The molecule has 0 aliphatic carbocycles. The molecule has 1 aliphatic rings. The average molecular weight is 248 g/mol. The van der Waals surface area contributed by atoms with Gasteiger partial charge in [0.2, 0.25) is 5.91 Å². The first-order valence-corrected chi connectivity index (χ1v) is 6.01. The summed E-state index contributed by atoms with van der Waals surface area (Å²) in [6.07, 6.45) is 5.73. The van der Waals surface area contributed by atoms with Crippen molar-refractivity contribution in [3.63, 3.8) is 0 Å². The molecule has 1 aromatic heterocycles. The van der Waals surface area contributed by atoms with Crippen molar-refractivity contribution in [2.45, 2.75) is 25.3 Å². The monoisotopic (exact) mass is 248 g/mol. The Morgan fingerprint density at radius 3 is 3.11 bits per heavy atom. The van der Waals surface area contributed by atoms with Crippen molar-refractivity contribution < 1.29 is 9.59 Å². The molecule has 2 heterocycles. The topological polar surface area (TPSA) is 83.1 Å². The molecule has 0 spiro atoms. The SMILES string of the molecule is O=C(Nc1cccnc1)NC1CCCCNC1=O. The Bertz CT molecular complexity index is 421. The molecule has 0 aromatic carbocycles. The number of amides is 3. The minimum absolute atomic E-state index is 0.117. The zero-order chi connectivity index (χ0) is 12.8. The Morgan fingerprint density at radius 1 is 1.44 bits per heavy atom. The van der Waals surface area contributed by atoms with Crippen LogP contribution in [0, 0.1) is 0 Å². The summed E-state index contributed by atoms with van der Waals surface area (Å²) in [5.41, 5.74) is 0.601. The number of nitrogens with zero attached hydrogens (tertiary/aromatic N) is 1. The fourth-order valence-electron chi connectivity index (χ4n) is 1.84. The molecule has 1 aromatic rings. The molecule has 6 heteroatoms. The predicted molar refractivity (Wildman–Crippen MR) is 67.0 cm³/mol. The van der Waals surface area contributed by atoms with Crippen molar-refractivity contribution >= 4 is 17.6 Å². The normalized spacial score (nSPS) is 19.6. The van der Waals surface area contributed by atoms with Gasteiger partial charge >= 0.3 is 6.03 Å². The number of nitrogens with one attached hydrogen (secondary N) is 3. The highest BCUT2D eigenvalue weighted by molar-refractivity contribution is 5.93. The number of pyridine rings is 1. The molecule has 96 valence electrons. The van der Waals surface area contributed by atoms with Crippen LogP contribution in [0.2, 0.25) is 0 Å². The van der Waals surface area contributed by atoms with Crippen LogP contribution < -0.4 is 16.0 Å². The van der Waals surface area contributed by atoms with Crippen LogP contribution in [-0.2, 0) is 4.79 Å². The molecule has 6 nitrogen and oxygen atoms in total. The Balaban J connectivity index is 1.88. The van der Waals surface area contributed by atoms with Crippen LogP contribution in [0.5, 0.6) is 0 Å². The Morgan fingerprint density at radius 2 is 2.33 bits per heavy atom. The van der Waals surface area contributed by atoms with Crippen LogP contribution in [0.3, 0.4) is 0 Å². The number of carbonyl (C=O) groups excluding carboxylic acids is 2. The fraction of sp³-hybridized carbons (Fsp3) is 0.417. The summed E-state index contributed by atoms with van der Waals surface area (Å²) in [7, 11) is 0. The van der Waals surface area contributed by atoms with Gasteiger partial charge in [-0.1, -0.05) is 0 Å². The minimum Gasteiger partial charge on any atom is -0.354 e. The van der Waals surface area contributed by atoms with Crippen molar-refractivity contribution in [1.29, 1.82) is 0 Å². The van der Waals surface area contributed by atoms with Gasteiger partial charge in [-0.05, 0) is 31.4 Å². The molecular formula is C12H16N4O2. The van der Waals surface area contributed by atoms with E-state index in [2.05, 4.69) is 20.9 Å². The molecule has 1 fully saturated rings. The van der Waals surface area contributed by atoms with Crippen molar-refractivity contribution in [3.05, 3.63) is 24.5 Å². The molecule has 2 rings (SSSR count). The molecule has 18 heavy (non-hydrogen) atoms. The first kappa shape index (κ1) is 12.3. The van der Waals surface area contributed by atoms with Crippen LogP contribution in [0.25, 0.3) is 0 Å². The summed E-state index contributed by atoms with van der Waals surface area (Å²) in [5.74, 6) is -0.117. The molecule has 1 aliphatic heterocycles. The quantitative estimate of drug-likeness (QED) is 0.726. The second-order valence-electron chi connectivity index (χ2n) is 4.18. The number of carbonyl (C=O) groups is 2. The number of hydrogen-bond acceptors (Lipinski definition) is 3. The molecule has 3 N–H and O–H groups in total. The van der Waals surface area contributed by atoms with Crippen LogP contribution >= 0.6 is 0 Å². The maximum absolute atomic E-state index is 11.7. The molecule has 1 atom stereocenters. The van der Waals surface area contributed by atoms with Gasteiger partial charge in [0.1, 0.15) is 6.04 Å². The van der Waals surface area contributed by atoms with Crippen LogP contribution in [0.4, 0.5) is 10.5 Å². The smallest absolute Gasteiger partial charge is 0.319 e.